The Kier molecular flexibility index (Phi) is 7.46. The van der Waals surface area contributed by atoms with E-state index in [1.165, 1.54) is 0 Å². The summed E-state index contributed by atoms with van der Waals surface area (Å²) >= 11 is 0. The number of unbranched alkanes of at least 4 members (excludes halogenated alkanes) is 2. The monoisotopic (exact) mass is 266 g/mol. The number of Topliss-reactive ketones (excluding diaryl/α,β-unsaturated/α-hetero) is 1. The van der Waals surface area contributed by atoms with Crippen LogP contribution < -0.4 is 0 Å². The first kappa shape index (κ1) is 15.9. The third kappa shape index (κ3) is 6.04. The molecule has 3 nitrogen and oxygen atoms in total. The van der Waals surface area contributed by atoms with Gasteiger partial charge in [0, 0.05) is 18.8 Å². The fraction of sp³-hybridized carbons (Fsp3) is 0.750. The first-order valence-electron chi connectivity index (χ1n) is 7.54. The molecule has 0 amide bonds. The van der Waals surface area contributed by atoms with Crippen LogP contribution in [0.4, 0.5) is 0 Å². The standard InChI is InChI=1S/C16H26O3/c1-2-3-5-9-14-13(11-12-15(14)17)8-6-4-7-10-16(18)19/h3,5,13-14H,2,4,6-12H2,1H3,(H,18,19)/b5-3-. The fourth-order valence-electron chi connectivity index (χ4n) is 2.92. The van der Waals surface area contributed by atoms with Crippen LogP contribution in [0, 0.1) is 11.8 Å². The number of aliphatic carboxylic acids is 1. The maximum atomic E-state index is 11.8. The molecule has 0 aromatic heterocycles. The second-order valence-electron chi connectivity index (χ2n) is 5.48. The molecule has 1 rings (SSSR count). The molecular formula is C16H26O3. The van der Waals surface area contributed by atoms with Crippen molar-refractivity contribution in [1.29, 1.82) is 0 Å². The average molecular weight is 266 g/mol. The lowest BCUT2D eigenvalue weighted by molar-refractivity contribution is -0.137. The minimum Gasteiger partial charge on any atom is -0.481 e. The molecular weight excluding hydrogens is 240 g/mol. The van der Waals surface area contributed by atoms with E-state index >= 15 is 0 Å². The van der Waals surface area contributed by atoms with Crippen LogP contribution in [0.3, 0.4) is 0 Å². The Morgan fingerprint density at radius 2 is 2.11 bits per heavy atom. The van der Waals surface area contributed by atoms with Crippen molar-refractivity contribution in [2.75, 3.05) is 0 Å². The molecule has 0 spiro atoms. The number of carboxylic acids is 1. The van der Waals surface area contributed by atoms with Crippen LogP contribution in [-0.2, 0) is 9.59 Å². The van der Waals surface area contributed by atoms with Gasteiger partial charge in [0.15, 0.2) is 0 Å². The third-order valence-corrected chi connectivity index (χ3v) is 4.00. The summed E-state index contributed by atoms with van der Waals surface area (Å²) < 4.78 is 0. The molecule has 0 aliphatic heterocycles. The first-order chi connectivity index (χ1) is 9.15. The van der Waals surface area contributed by atoms with E-state index in [4.69, 9.17) is 5.11 Å². The minimum absolute atomic E-state index is 0.224. The molecule has 2 atom stereocenters. The van der Waals surface area contributed by atoms with E-state index in [9.17, 15) is 9.59 Å². The second-order valence-corrected chi connectivity index (χ2v) is 5.48. The van der Waals surface area contributed by atoms with Gasteiger partial charge in [-0.2, -0.15) is 0 Å². The Morgan fingerprint density at radius 3 is 2.79 bits per heavy atom. The Morgan fingerprint density at radius 1 is 1.32 bits per heavy atom. The van der Waals surface area contributed by atoms with Crippen LogP contribution in [0.25, 0.3) is 0 Å². The van der Waals surface area contributed by atoms with Crippen LogP contribution in [0.1, 0.15) is 64.7 Å². The van der Waals surface area contributed by atoms with Gasteiger partial charge in [-0.25, -0.2) is 0 Å². The van der Waals surface area contributed by atoms with Gasteiger partial charge < -0.3 is 5.11 Å². The average Bonchev–Trinajstić information content (AvgIpc) is 2.71. The Labute approximate surface area is 116 Å². The molecule has 0 aromatic carbocycles. The van der Waals surface area contributed by atoms with Crippen molar-refractivity contribution in [1.82, 2.24) is 0 Å². The van der Waals surface area contributed by atoms with Gasteiger partial charge in [0.25, 0.3) is 0 Å². The summed E-state index contributed by atoms with van der Waals surface area (Å²) in [5.74, 6) is 0.469. The van der Waals surface area contributed by atoms with Gasteiger partial charge in [-0.3, -0.25) is 9.59 Å². The van der Waals surface area contributed by atoms with E-state index in [1.54, 1.807) is 0 Å². The molecule has 2 unspecified atom stereocenters. The molecule has 108 valence electrons. The molecule has 1 aliphatic carbocycles. The lowest BCUT2D eigenvalue weighted by Gasteiger charge is -2.16. The lowest BCUT2D eigenvalue weighted by Crippen LogP contribution is -2.14. The summed E-state index contributed by atoms with van der Waals surface area (Å²) in [6.07, 6.45) is 12.1. The van der Waals surface area contributed by atoms with Crippen LogP contribution >= 0.6 is 0 Å². The summed E-state index contributed by atoms with van der Waals surface area (Å²) in [5.41, 5.74) is 0. The molecule has 0 heterocycles. The van der Waals surface area contributed by atoms with Crippen molar-refractivity contribution in [3.8, 4) is 0 Å². The zero-order chi connectivity index (χ0) is 14.1. The van der Waals surface area contributed by atoms with Crippen LogP contribution in [0.15, 0.2) is 12.2 Å². The molecule has 0 saturated heterocycles. The molecule has 3 heteroatoms. The minimum atomic E-state index is -0.710. The second kappa shape index (κ2) is 8.89. The molecule has 1 N–H and O–H groups in total. The zero-order valence-corrected chi connectivity index (χ0v) is 11.9. The van der Waals surface area contributed by atoms with E-state index in [2.05, 4.69) is 19.1 Å². The highest BCUT2D eigenvalue weighted by atomic mass is 16.4. The van der Waals surface area contributed by atoms with Gasteiger partial charge in [0.05, 0.1) is 0 Å². The lowest BCUT2D eigenvalue weighted by atomic mass is 9.88. The quantitative estimate of drug-likeness (QED) is 0.507. The maximum absolute atomic E-state index is 11.8. The van der Waals surface area contributed by atoms with Gasteiger partial charge in [-0.1, -0.05) is 31.9 Å². The number of ketones is 1. The van der Waals surface area contributed by atoms with E-state index in [0.717, 1.165) is 51.4 Å². The van der Waals surface area contributed by atoms with Crippen LogP contribution in [-0.4, -0.2) is 16.9 Å². The summed E-state index contributed by atoms with van der Waals surface area (Å²) in [5, 5.41) is 8.57. The van der Waals surface area contributed by atoms with Crippen molar-refractivity contribution < 1.29 is 14.7 Å². The van der Waals surface area contributed by atoms with E-state index in [0.29, 0.717) is 11.7 Å². The zero-order valence-electron chi connectivity index (χ0n) is 11.9. The normalized spacial score (nSPS) is 23.3. The van der Waals surface area contributed by atoms with Gasteiger partial charge in [0.2, 0.25) is 0 Å². The fourth-order valence-corrected chi connectivity index (χ4v) is 2.92. The maximum Gasteiger partial charge on any atom is 0.303 e. The number of rotatable bonds is 9. The van der Waals surface area contributed by atoms with Crippen molar-refractivity contribution in [3.63, 3.8) is 0 Å². The molecule has 1 aliphatic rings. The smallest absolute Gasteiger partial charge is 0.303 e. The highest BCUT2D eigenvalue weighted by Crippen LogP contribution is 2.35. The van der Waals surface area contributed by atoms with Crippen LogP contribution in [0.5, 0.6) is 0 Å². The molecule has 0 aromatic rings. The highest BCUT2D eigenvalue weighted by Gasteiger charge is 2.32. The van der Waals surface area contributed by atoms with Gasteiger partial charge in [-0.05, 0) is 38.0 Å². The van der Waals surface area contributed by atoms with E-state index in [1.807, 2.05) is 0 Å². The Bertz CT molecular complexity index is 320. The number of hydrogen-bond acceptors (Lipinski definition) is 2. The number of allylic oxidation sites excluding steroid dienone is 2. The molecule has 19 heavy (non-hydrogen) atoms. The van der Waals surface area contributed by atoms with Crippen LogP contribution in [0.2, 0.25) is 0 Å². The number of hydrogen-bond donors (Lipinski definition) is 1. The van der Waals surface area contributed by atoms with Crippen molar-refractivity contribution in [3.05, 3.63) is 12.2 Å². The topological polar surface area (TPSA) is 54.4 Å². The van der Waals surface area contributed by atoms with Gasteiger partial charge >= 0.3 is 5.97 Å². The van der Waals surface area contributed by atoms with Gasteiger partial charge in [0.1, 0.15) is 5.78 Å². The van der Waals surface area contributed by atoms with E-state index in [-0.39, 0.29) is 12.3 Å². The summed E-state index contributed by atoms with van der Waals surface area (Å²) in [4.78, 5) is 22.3. The molecule has 0 bridgehead atoms. The Balaban J connectivity index is 2.25. The van der Waals surface area contributed by atoms with E-state index < -0.39 is 5.97 Å². The third-order valence-electron chi connectivity index (χ3n) is 4.00. The number of carbonyl (C=O) groups is 2. The predicted octanol–water partition coefficient (Wildman–Crippen LogP) is 3.97. The van der Waals surface area contributed by atoms with Crippen molar-refractivity contribution in [2.24, 2.45) is 11.8 Å². The molecule has 0 radical (unpaired) electrons. The SMILES string of the molecule is CC/C=C\CC1C(=O)CCC1CCCCCC(=O)O. The largest absolute Gasteiger partial charge is 0.481 e. The Hall–Kier alpha value is -1.12. The number of carbonyl (C=O) groups excluding carboxylic acids is 1. The summed E-state index contributed by atoms with van der Waals surface area (Å²) in [6, 6.07) is 0. The summed E-state index contributed by atoms with van der Waals surface area (Å²) in [7, 11) is 0. The predicted molar refractivity (Wildman–Crippen MR) is 76.0 cm³/mol. The number of carboxylic acid groups (broad SMARTS) is 1. The molecule has 1 fully saturated rings. The van der Waals surface area contributed by atoms with Crippen molar-refractivity contribution in [2.45, 2.75) is 64.7 Å². The van der Waals surface area contributed by atoms with Crippen molar-refractivity contribution >= 4 is 11.8 Å². The molecule has 1 saturated carbocycles. The van der Waals surface area contributed by atoms with Gasteiger partial charge in [-0.15, -0.1) is 0 Å². The first-order valence-corrected chi connectivity index (χ1v) is 7.54. The summed E-state index contributed by atoms with van der Waals surface area (Å²) in [6.45, 7) is 2.10. The highest BCUT2D eigenvalue weighted by molar-refractivity contribution is 5.83.